The summed E-state index contributed by atoms with van der Waals surface area (Å²) in [5, 5.41) is 2.85. The number of benzene rings is 1. The fourth-order valence-corrected chi connectivity index (χ4v) is 4.63. The van der Waals surface area contributed by atoms with Gasteiger partial charge in [0.15, 0.2) is 0 Å². The Labute approximate surface area is 162 Å². The molecular formula is C20H30N2O4S. The number of amides is 1. The molecule has 0 saturated heterocycles. The van der Waals surface area contributed by atoms with E-state index in [4.69, 9.17) is 4.74 Å². The number of anilines is 1. The minimum atomic E-state index is -3.61. The average Bonchev–Trinajstić information content (AvgIpc) is 3.09. The summed E-state index contributed by atoms with van der Waals surface area (Å²) < 4.78 is 32.8. The lowest BCUT2D eigenvalue weighted by atomic mass is 10.1. The molecule has 0 bridgehead atoms. The second-order valence-corrected chi connectivity index (χ2v) is 8.87. The first-order valence-corrected chi connectivity index (χ1v) is 11.0. The van der Waals surface area contributed by atoms with Crippen molar-refractivity contribution in [2.24, 2.45) is 5.92 Å². The molecule has 0 spiro atoms. The maximum Gasteiger partial charge on any atom is 0.243 e. The normalized spacial score (nSPS) is 16.9. The lowest BCUT2D eigenvalue weighted by molar-refractivity contribution is -0.116. The van der Waals surface area contributed by atoms with E-state index in [1.54, 1.807) is 19.9 Å². The van der Waals surface area contributed by atoms with Gasteiger partial charge in [-0.2, -0.15) is 4.31 Å². The number of sulfonamides is 1. The number of carbonyl (C=O) groups excluding carboxylic acids is 1. The molecule has 2 rings (SSSR count). The monoisotopic (exact) mass is 394 g/mol. The molecule has 1 amide bonds. The fourth-order valence-electron chi connectivity index (χ4n) is 3.14. The summed E-state index contributed by atoms with van der Waals surface area (Å²) in [5.74, 6) is 0.568. The van der Waals surface area contributed by atoms with Crippen LogP contribution >= 0.6 is 0 Å². The van der Waals surface area contributed by atoms with Crippen LogP contribution < -0.4 is 10.1 Å². The molecule has 0 radical (unpaired) electrons. The molecule has 27 heavy (non-hydrogen) atoms. The maximum absolute atomic E-state index is 12.8. The first kappa shape index (κ1) is 21.4. The predicted octanol–water partition coefficient (Wildman–Crippen LogP) is 3.80. The number of allylic oxidation sites excluding steroid dienone is 2. The van der Waals surface area contributed by atoms with E-state index < -0.39 is 10.0 Å². The van der Waals surface area contributed by atoms with E-state index >= 15 is 0 Å². The van der Waals surface area contributed by atoms with Crippen LogP contribution in [-0.2, 0) is 14.8 Å². The Kier molecular flexibility index (Phi) is 7.44. The molecule has 150 valence electrons. The summed E-state index contributed by atoms with van der Waals surface area (Å²) >= 11 is 0. The van der Waals surface area contributed by atoms with E-state index in [1.807, 2.05) is 13.8 Å². The molecule has 1 aliphatic rings. The highest BCUT2D eigenvalue weighted by Gasteiger charge is 2.24. The highest BCUT2D eigenvalue weighted by atomic mass is 32.2. The summed E-state index contributed by atoms with van der Waals surface area (Å²) in [4.78, 5) is 12.6. The van der Waals surface area contributed by atoms with Gasteiger partial charge in [-0.15, -0.1) is 0 Å². The van der Waals surface area contributed by atoms with E-state index in [1.165, 1.54) is 16.4 Å². The molecule has 7 heteroatoms. The highest BCUT2D eigenvalue weighted by Crippen LogP contribution is 2.31. The molecule has 1 aromatic carbocycles. The van der Waals surface area contributed by atoms with Crippen molar-refractivity contribution >= 4 is 21.6 Å². The van der Waals surface area contributed by atoms with Crippen LogP contribution in [0.25, 0.3) is 0 Å². The number of rotatable bonds is 9. The van der Waals surface area contributed by atoms with E-state index in [-0.39, 0.29) is 22.8 Å². The van der Waals surface area contributed by atoms with Crippen LogP contribution in [0, 0.1) is 5.92 Å². The molecule has 0 aromatic heterocycles. The molecule has 6 nitrogen and oxygen atoms in total. The van der Waals surface area contributed by atoms with Gasteiger partial charge in [-0.25, -0.2) is 8.42 Å². The number of nitrogens with zero attached hydrogens (tertiary/aromatic N) is 1. The van der Waals surface area contributed by atoms with E-state index in [0.717, 1.165) is 12.8 Å². The van der Waals surface area contributed by atoms with Gasteiger partial charge in [0.2, 0.25) is 15.9 Å². The second kappa shape index (κ2) is 9.37. The van der Waals surface area contributed by atoms with Crippen LogP contribution in [0.3, 0.4) is 0 Å². The number of nitrogens with one attached hydrogen (secondary N) is 1. The van der Waals surface area contributed by atoms with Crippen LogP contribution in [0.5, 0.6) is 5.75 Å². The molecule has 1 aliphatic carbocycles. The fraction of sp³-hybridized carbons (Fsp3) is 0.550. The van der Waals surface area contributed by atoms with Gasteiger partial charge in [0.1, 0.15) is 5.75 Å². The second-order valence-electron chi connectivity index (χ2n) is 6.93. The summed E-state index contributed by atoms with van der Waals surface area (Å²) in [7, 11) is -3.61. The summed E-state index contributed by atoms with van der Waals surface area (Å²) in [6, 6.07) is 4.63. The Morgan fingerprint density at radius 2 is 2.00 bits per heavy atom. The average molecular weight is 395 g/mol. The minimum absolute atomic E-state index is 0.0938. The topological polar surface area (TPSA) is 75.7 Å². The Bertz CT molecular complexity index is 783. The van der Waals surface area contributed by atoms with Crippen LogP contribution in [0.2, 0.25) is 0 Å². The molecule has 0 saturated carbocycles. The molecule has 1 aromatic rings. The zero-order chi connectivity index (χ0) is 20.0. The van der Waals surface area contributed by atoms with Gasteiger partial charge < -0.3 is 10.1 Å². The lowest BCUT2D eigenvalue weighted by Crippen LogP contribution is -2.30. The van der Waals surface area contributed by atoms with E-state index in [9.17, 15) is 13.2 Å². The maximum atomic E-state index is 12.8. The first-order chi connectivity index (χ1) is 12.8. The molecule has 0 fully saturated rings. The Morgan fingerprint density at radius 3 is 2.56 bits per heavy atom. The zero-order valence-electron chi connectivity index (χ0n) is 16.6. The van der Waals surface area contributed by atoms with Gasteiger partial charge in [-0.3, -0.25) is 4.79 Å². The van der Waals surface area contributed by atoms with Crippen molar-refractivity contribution in [3.8, 4) is 5.75 Å². The van der Waals surface area contributed by atoms with Crippen molar-refractivity contribution in [3.63, 3.8) is 0 Å². The zero-order valence-corrected chi connectivity index (χ0v) is 17.4. The number of hydrogen-bond acceptors (Lipinski definition) is 4. The predicted molar refractivity (Wildman–Crippen MR) is 107 cm³/mol. The van der Waals surface area contributed by atoms with Gasteiger partial charge in [-0.05, 0) is 50.8 Å². The molecule has 1 atom stereocenters. The molecule has 0 aliphatic heterocycles. The smallest absolute Gasteiger partial charge is 0.243 e. The molecular weight excluding hydrogens is 364 g/mol. The van der Waals surface area contributed by atoms with Gasteiger partial charge in [0, 0.05) is 19.5 Å². The third-order valence-corrected chi connectivity index (χ3v) is 6.54. The first-order valence-electron chi connectivity index (χ1n) is 9.55. The van der Waals surface area contributed by atoms with Crippen molar-refractivity contribution < 1.29 is 17.9 Å². The highest BCUT2D eigenvalue weighted by molar-refractivity contribution is 7.89. The third kappa shape index (κ3) is 5.56. The van der Waals surface area contributed by atoms with Crippen molar-refractivity contribution in [1.29, 1.82) is 0 Å². The van der Waals surface area contributed by atoms with Gasteiger partial charge in [0.25, 0.3) is 0 Å². The summed E-state index contributed by atoms with van der Waals surface area (Å²) in [6.45, 7) is 8.15. The molecule has 0 heterocycles. The van der Waals surface area contributed by atoms with Crippen molar-refractivity contribution in [2.45, 2.75) is 58.0 Å². The number of ether oxygens (including phenoxy) is 1. The van der Waals surface area contributed by atoms with Crippen molar-refractivity contribution in [2.75, 3.05) is 18.4 Å². The SMILES string of the molecule is CCN(CC)S(=O)(=O)c1ccc(OC(C)C)c(NC(=O)C[C@@H]2C=CCC2)c1. The Balaban J connectivity index is 2.30. The standard InChI is InChI=1S/C20H30N2O4S/c1-5-22(6-2)27(24,25)17-11-12-19(26-15(3)4)18(14-17)21-20(23)13-16-9-7-8-10-16/h7,9,11-12,14-16H,5-6,8,10,13H2,1-4H3,(H,21,23)/t16-/m1/s1. The van der Waals surface area contributed by atoms with Gasteiger partial charge >= 0.3 is 0 Å². The number of carbonyl (C=O) groups is 1. The Hall–Kier alpha value is -1.86. The molecule has 0 unspecified atom stereocenters. The van der Waals surface area contributed by atoms with Crippen molar-refractivity contribution in [3.05, 3.63) is 30.4 Å². The van der Waals surface area contributed by atoms with E-state index in [0.29, 0.717) is 30.9 Å². The van der Waals surface area contributed by atoms with Crippen LogP contribution in [-0.4, -0.2) is 37.8 Å². The van der Waals surface area contributed by atoms with Gasteiger partial charge in [-0.1, -0.05) is 26.0 Å². The third-order valence-electron chi connectivity index (χ3n) is 4.49. The van der Waals surface area contributed by atoms with Crippen LogP contribution in [0.15, 0.2) is 35.2 Å². The van der Waals surface area contributed by atoms with Crippen molar-refractivity contribution in [1.82, 2.24) is 4.31 Å². The summed E-state index contributed by atoms with van der Waals surface area (Å²) in [5.41, 5.74) is 0.393. The quantitative estimate of drug-likeness (QED) is 0.647. The minimum Gasteiger partial charge on any atom is -0.489 e. The summed E-state index contributed by atoms with van der Waals surface area (Å²) in [6.07, 6.45) is 6.40. The number of hydrogen-bond donors (Lipinski definition) is 1. The van der Waals surface area contributed by atoms with E-state index in [2.05, 4.69) is 17.5 Å². The molecule has 1 N–H and O–H groups in total. The lowest BCUT2D eigenvalue weighted by Gasteiger charge is -2.21. The Morgan fingerprint density at radius 1 is 1.30 bits per heavy atom. The largest absolute Gasteiger partial charge is 0.489 e. The van der Waals surface area contributed by atoms with Crippen LogP contribution in [0.4, 0.5) is 5.69 Å². The van der Waals surface area contributed by atoms with Gasteiger partial charge in [0.05, 0.1) is 16.7 Å². The van der Waals surface area contributed by atoms with Crippen LogP contribution in [0.1, 0.15) is 47.0 Å².